The summed E-state index contributed by atoms with van der Waals surface area (Å²) in [6, 6.07) is 2.42. The number of carbonyl (C=O) groups is 1. The van der Waals surface area contributed by atoms with E-state index in [4.69, 9.17) is 0 Å². The second-order valence-electron chi connectivity index (χ2n) is 4.98. The fraction of sp³-hybridized carbons (Fsp3) is 0.538. The van der Waals surface area contributed by atoms with Crippen LogP contribution in [0.2, 0.25) is 0 Å². The highest BCUT2D eigenvalue weighted by atomic mass is 79.9. The Morgan fingerprint density at radius 1 is 1.33 bits per heavy atom. The van der Waals surface area contributed by atoms with Crippen LogP contribution in [0.5, 0.6) is 0 Å². The molecule has 1 unspecified atom stereocenters. The minimum Gasteiger partial charge on any atom is -0.336 e. The number of halogens is 1. The van der Waals surface area contributed by atoms with Gasteiger partial charge in [0.15, 0.2) is 0 Å². The van der Waals surface area contributed by atoms with E-state index in [9.17, 15) is 4.79 Å². The number of nitrogens with zero attached hydrogens (tertiary/aromatic N) is 3. The fourth-order valence-electron chi connectivity index (χ4n) is 2.89. The fourth-order valence-corrected chi connectivity index (χ4v) is 3.25. The molecule has 2 aliphatic heterocycles. The van der Waals surface area contributed by atoms with Crippen LogP contribution in [0.4, 0.5) is 0 Å². The number of fused-ring (bicyclic) bond motifs is 1. The number of rotatable bonds is 1. The van der Waals surface area contributed by atoms with Crippen LogP contribution in [0.3, 0.4) is 0 Å². The van der Waals surface area contributed by atoms with Crippen molar-refractivity contribution in [2.75, 3.05) is 26.2 Å². The van der Waals surface area contributed by atoms with Crippen LogP contribution >= 0.6 is 15.9 Å². The van der Waals surface area contributed by atoms with Gasteiger partial charge in [-0.2, -0.15) is 0 Å². The molecular weight excluding hydrogens is 294 g/mol. The van der Waals surface area contributed by atoms with Gasteiger partial charge >= 0.3 is 0 Å². The molecule has 3 rings (SSSR count). The SMILES string of the molecule is O=C(c1cncc(Br)c1)N1CCN2CCCC2C1. The molecule has 3 heterocycles. The second-order valence-corrected chi connectivity index (χ2v) is 5.89. The Morgan fingerprint density at radius 3 is 3.06 bits per heavy atom. The van der Waals surface area contributed by atoms with E-state index in [2.05, 4.69) is 25.8 Å². The first-order valence-electron chi connectivity index (χ1n) is 6.38. The monoisotopic (exact) mass is 309 g/mol. The maximum atomic E-state index is 12.4. The standard InChI is InChI=1S/C13H16BrN3O/c14-11-6-10(7-15-8-11)13(18)17-5-4-16-3-1-2-12(16)9-17/h6-8,12H,1-5,9H2. The van der Waals surface area contributed by atoms with Gasteiger partial charge in [-0.25, -0.2) is 0 Å². The Bertz CT molecular complexity index is 465. The van der Waals surface area contributed by atoms with Crippen molar-refractivity contribution in [1.82, 2.24) is 14.8 Å². The first-order chi connectivity index (χ1) is 8.74. The second kappa shape index (κ2) is 4.97. The maximum Gasteiger partial charge on any atom is 0.255 e. The van der Waals surface area contributed by atoms with Crippen LogP contribution in [0.15, 0.2) is 22.9 Å². The molecule has 0 aromatic carbocycles. The van der Waals surface area contributed by atoms with Gasteiger partial charge in [0, 0.05) is 42.5 Å². The van der Waals surface area contributed by atoms with Crippen molar-refractivity contribution in [2.24, 2.45) is 0 Å². The molecule has 0 radical (unpaired) electrons. The summed E-state index contributed by atoms with van der Waals surface area (Å²) >= 11 is 3.36. The number of hydrogen-bond donors (Lipinski definition) is 0. The van der Waals surface area contributed by atoms with Gasteiger partial charge < -0.3 is 4.90 Å². The zero-order valence-electron chi connectivity index (χ0n) is 10.2. The molecule has 0 aliphatic carbocycles. The van der Waals surface area contributed by atoms with Gasteiger partial charge in [0.25, 0.3) is 5.91 Å². The molecule has 2 aliphatic rings. The highest BCUT2D eigenvalue weighted by Gasteiger charge is 2.32. The highest BCUT2D eigenvalue weighted by Crippen LogP contribution is 2.22. The van der Waals surface area contributed by atoms with Crippen molar-refractivity contribution in [3.8, 4) is 0 Å². The van der Waals surface area contributed by atoms with Gasteiger partial charge in [-0.1, -0.05) is 0 Å². The average molecular weight is 310 g/mol. The van der Waals surface area contributed by atoms with Crippen LogP contribution in [-0.2, 0) is 0 Å². The van der Waals surface area contributed by atoms with Crippen LogP contribution in [0.1, 0.15) is 23.2 Å². The third kappa shape index (κ3) is 2.29. The largest absolute Gasteiger partial charge is 0.336 e. The first kappa shape index (κ1) is 12.1. The smallest absolute Gasteiger partial charge is 0.255 e. The van der Waals surface area contributed by atoms with Crippen LogP contribution in [0.25, 0.3) is 0 Å². The van der Waals surface area contributed by atoms with E-state index in [1.54, 1.807) is 12.4 Å². The Balaban J connectivity index is 1.73. The molecule has 1 aromatic heterocycles. The summed E-state index contributed by atoms with van der Waals surface area (Å²) in [5, 5.41) is 0. The summed E-state index contributed by atoms with van der Waals surface area (Å²) in [5.74, 6) is 0.107. The molecular formula is C13H16BrN3O. The molecule has 0 N–H and O–H groups in total. The molecule has 5 heteroatoms. The first-order valence-corrected chi connectivity index (χ1v) is 7.17. The summed E-state index contributed by atoms with van der Waals surface area (Å²) in [7, 11) is 0. The number of piperazine rings is 1. The minimum atomic E-state index is 0.107. The topological polar surface area (TPSA) is 36.4 Å². The summed E-state index contributed by atoms with van der Waals surface area (Å²) in [6.07, 6.45) is 5.84. The van der Waals surface area contributed by atoms with Gasteiger partial charge in [0.1, 0.15) is 0 Å². The average Bonchev–Trinajstić information content (AvgIpc) is 2.85. The van der Waals surface area contributed by atoms with Gasteiger partial charge in [-0.3, -0.25) is 14.7 Å². The molecule has 0 saturated carbocycles. The van der Waals surface area contributed by atoms with Crippen molar-refractivity contribution in [3.63, 3.8) is 0 Å². The van der Waals surface area contributed by atoms with Crippen molar-refractivity contribution in [1.29, 1.82) is 0 Å². The van der Waals surface area contributed by atoms with E-state index in [1.165, 1.54) is 19.4 Å². The molecule has 2 fully saturated rings. The Morgan fingerprint density at radius 2 is 2.22 bits per heavy atom. The van der Waals surface area contributed by atoms with E-state index in [0.29, 0.717) is 11.6 Å². The number of hydrogen-bond acceptors (Lipinski definition) is 3. The Hall–Kier alpha value is -0.940. The lowest BCUT2D eigenvalue weighted by atomic mass is 10.1. The molecule has 0 spiro atoms. The van der Waals surface area contributed by atoms with E-state index >= 15 is 0 Å². The van der Waals surface area contributed by atoms with Crippen LogP contribution in [0, 0.1) is 0 Å². The van der Waals surface area contributed by atoms with Crippen molar-refractivity contribution in [2.45, 2.75) is 18.9 Å². The molecule has 1 amide bonds. The summed E-state index contributed by atoms with van der Waals surface area (Å²) in [6.45, 7) is 3.91. The van der Waals surface area contributed by atoms with Gasteiger partial charge in [-0.05, 0) is 41.4 Å². The predicted molar refractivity (Wildman–Crippen MR) is 72.4 cm³/mol. The third-order valence-electron chi connectivity index (χ3n) is 3.83. The Labute approximate surface area is 115 Å². The van der Waals surface area contributed by atoms with E-state index in [1.807, 2.05) is 11.0 Å². The molecule has 96 valence electrons. The van der Waals surface area contributed by atoms with Crippen molar-refractivity contribution < 1.29 is 4.79 Å². The van der Waals surface area contributed by atoms with E-state index in [-0.39, 0.29) is 5.91 Å². The quantitative estimate of drug-likeness (QED) is 0.793. The van der Waals surface area contributed by atoms with E-state index in [0.717, 1.165) is 24.1 Å². The van der Waals surface area contributed by atoms with Crippen LogP contribution < -0.4 is 0 Å². The zero-order valence-corrected chi connectivity index (χ0v) is 11.8. The van der Waals surface area contributed by atoms with Crippen molar-refractivity contribution >= 4 is 21.8 Å². The zero-order chi connectivity index (χ0) is 12.5. The molecule has 2 saturated heterocycles. The van der Waals surface area contributed by atoms with Gasteiger partial charge in [0.05, 0.1) is 5.56 Å². The van der Waals surface area contributed by atoms with Crippen molar-refractivity contribution in [3.05, 3.63) is 28.5 Å². The molecule has 1 atom stereocenters. The summed E-state index contributed by atoms with van der Waals surface area (Å²) < 4.78 is 0.854. The molecule has 1 aromatic rings. The molecule has 18 heavy (non-hydrogen) atoms. The number of amides is 1. The summed E-state index contributed by atoms with van der Waals surface area (Å²) in [4.78, 5) is 20.9. The predicted octanol–water partition coefficient (Wildman–Crippen LogP) is 1.76. The number of pyridine rings is 1. The normalized spacial score (nSPS) is 24.1. The lowest BCUT2D eigenvalue weighted by Crippen LogP contribution is -2.52. The van der Waals surface area contributed by atoms with Gasteiger partial charge in [-0.15, -0.1) is 0 Å². The lowest BCUT2D eigenvalue weighted by Gasteiger charge is -2.37. The van der Waals surface area contributed by atoms with E-state index < -0.39 is 0 Å². The molecule has 4 nitrogen and oxygen atoms in total. The van der Waals surface area contributed by atoms with Crippen LogP contribution in [-0.4, -0.2) is 52.9 Å². The highest BCUT2D eigenvalue weighted by molar-refractivity contribution is 9.10. The van der Waals surface area contributed by atoms with Gasteiger partial charge in [0.2, 0.25) is 0 Å². The minimum absolute atomic E-state index is 0.107. The number of carbonyl (C=O) groups excluding carboxylic acids is 1. The summed E-state index contributed by atoms with van der Waals surface area (Å²) in [5.41, 5.74) is 0.677. The number of aromatic nitrogens is 1. The lowest BCUT2D eigenvalue weighted by molar-refractivity contribution is 0.0571. The maximum absolute atomic E-state index is 12.4. The Kier molecular flexibility index (Phi) is 3.35. The third-order valence-corrected chi connectivity index (χ3v) is 4.26. The molecule has 0 bridgehead atoms.